The first kappa shape index (κ1) is 23.3. The number of aromatic amines is 1. The van der Waals surface area contributed by atoms with Crippen LogP contribution in [0.15, 0.2) is 72.8 Å². The van der Waals surface area contributed by atoms with Crippen LogP contribution in [0.5, 0.6) is 0 Å². The Morgan fingerprint density at radius 1 is 1.03 bits per heavy atom. The molecule has 4 aromatic rings. The zero-order valence-corrected chi connectivity index (χ0v) is 20.9. The molecule has 6 rings (SSSR count). The lowest BCUT2D eigenvalue weighted by atomic mass is 9.86. The number of carbonyl (C=O) groups excluding carboxylic acids is 3. The largest absolute Gasteiger partial charge is 0.465 e. The van der Waals surface area contributed by atoms with Gasteiger partial charge in [-0.05, 0) is 41.0 Å². The van der Waals surface area contributed by atoms with E-state index in [9.17, 15) is 14.4 Å². The molecule has 2 aliphatic heterocycles. The standard InChI is InChI=1S/C29H24ClN3O4/c1-37-29(36)18-12-10-17(11-13-18)27-26-21(20-7-3-5-9-23(20)31-26)14-24-28(35)32(16-25(34)33(24)27)15-19-6-2-4-8-22(19)30/h2-13,24,27,31H,14-16H2,1H3/t24-,27-/m0/s1. The number of esters is 1. The Bertz CT molecular complexity index is 1540. The lowest BCUT2D eigenvalue weighted by Gasteiger charge is -2.47. The summed E-state index contributed by atoms with van der Waals surface area (Å²) < 4.78 is 4.83. The predicted molar refractivity (Wildman–Crippen MR) is 139 cm³/mol. The summed E-state index contributed by atoms with van der Waals surface area (Å²) in [6.45, 7) is 0.237. The number of H-pyrrole nitrogens is 1. The van der Waals surface area contributed by atoms with Gasteiger partial charge in [0.15, 0.2) is 0 Å². The van der Waals surface area contributed by atoms with Crippen LogP contribution in [-0.4, -0.2) is 52.3 Å². The third-order valence-corrected chi connectivity index (χ3v) is 7.68. The van der Waals surface area contributed by atoms with E-state index in [1.54, 1.807) is 28.0 Å². The molecule has 0 bridgehead atoms. The van der Waals surface area contributed by atoms with E-state index in [1.165, 1.54) is 7.11 Å². The number of methoxy groups -OCH3 is 1. The molecule has 3 aromatic carbocycles. The van der Waals surface area contributed by atoms with Crippen LogP contribution < -0.4 is 0 Å². The summed E-state index contributed by atoms with van der Waals surface area (Å²) in [4.78, 5) is 46.4. The van der Waals surface area contributed by atoms with E-state index >= 15 is 0 Å². The summed E-state index contributed by atoms with van der Waals surface area (Å²) >= 11 is 6.36. The number of rotatable bonds is 4. The fourth-order valence-electron chi connectivity index (χ4n) is 5.56. The van der Waals surface area contributed by atoms with Gasteiger partial charge in [0.25, 0.3) is 0 Å². The highest BCUT2D eigenvalue weighted by Gasteiger charge is 2.48. The average molecular weight is 514 g/mol. The predicted octanol–water partition coefficient (Wildman–Crippen LogP) is 4.49. The number of fused-ring (bicyclic) bond motifs is 4. The van der Waals surface area contributed by atoms with Crippen molar-refractivity contribution in [1.29, 1.82) is 0 Å². The van der Waals surface area contributed by atoms with Crippen molar-refractivity contribution in [3.05, 3.63) is 106 Å². The summed E-state index contributed by atoms with van der Waals surface area (Å²) in [5.41, 5.74) is 4.91. The van der Waals surface area contributed by atoms with Crippen LogP contribution in [0.3, 0.4) is 0 Å². The van der Waals surface area contributed by atoms with Gasteiger partial charge >= 0.3 is 5.97 Å². The lowest BCUT2D eigenvalue weighted by molar-refractivity contribution is -0.159. The quantitative estimate of drug-likeness (QED) is 0.407. The first-order valence-corrected chi connectivity index (χ1v) is 12.4. The Hall–Kier alpha value is -4.10. The third kappa shape index (κ3) is 3.86. The van der Waals surface area contributed by atoms with E-state index in [4.69, 9.17) is 16.3 Å². The Balaban J connectivity index is 1.44. The average Bonchev–Trinajstić information content (AvgIpc) is 3.29. The minimum absolute atomic E-state index is 0.0349. The Labute approximate surface area is 218 Å². The fraction of sp³-hybridized carbons (Fsp3) is 0.207. The van der Waals surface area contributed by atoms with Crippen LogP contribution in [0, 0.1) is 0 Å². The first-order chi connectivity index (χ1) is 18.0. The van der Waals surface area contributed by atoms with Crippen LogP contribution in [0.25, 0.3) is 10.9 Å². The number of carbonyl (C=O) groups is 3. The third-order valence-electron chi connectivity index (χ3n) is 7.31. The number of nitrogens with zero attached hydrogens (tertiary/aromatic N) is 2. The Kier molecular flexibility index (Phi) is 5.72. The molecule has 8 heteroatoms. The molecule has 186 valence electrons. The van der Waals surface area contributed by atoms with Crippen molar-refractivity contribution in [2.75, 3.05) is 13.7 Å². The van der Waals surface area contributed by atoms with Crippen LogP contribution in [-0.2, 0) is 27.3 Å². The van der Waals surface area contributed by atoms with Crippen molar-refractivity contribution in [2.24, 2.45) is 0 Å². The van der Waals surface area contributed by atoms with E-state index in [0.29, 0.717) is 17.0 Å². The van der Waals surface area contributed by atoms with Gasteiger partial charge in [-0.25, -0.2) is 4.79 Å². The molecule has 1 fully saturated rings. The molecule has 0 saturated carbocycles. The molecule has 3 heterocycles. The maximum atomic E-state index is 13.9. The van der Waals surface area contributed by atoms with E-state index in [1.807, 2.05) is 54.6 Å². The van der Waals surface area contributed by atoms with Gasteiger partial charge in [-0.2, -0.15) is 0 Å². The normalized spacial score (nSPS) is 19.1. The van der Waals surface area contributed by atoms with E-state index < -0.39 is 18.1 Å². The van der Waals surface area contributed by atoms with Gasteiger partial charge in [0.05, 0.1) is 18.7 Å². The van der Waals surface area contributed by atoms with Gasteiger partial charge < -0.3 is 19.5 Å². The molecule has 0 aliphatic carbocycles. The van der Waals surface area contributed by atoms with Gasteiger partial charge in [-0.15, -0.1) is 0 Å². The molecule has 2 amide bonds. The highest BCUT2D eigenvalue weighted by molar-refractivity contribution is 6.31. The molecule has 0 unspecified atom stereocenters. The van der Waals surface area contributed by atoms with E-state index in [2.05, 4.69) is 4.98 Å². The zero-order valence-electron chi connectivity index (χ0n) is 20.1. The van der Waals surface area contributed by atoms with Crippen molar-refractivity contribution >= 4 is 40.3 Å². The molecule has 0 radical (unpaired) electrons. The Morgan fingerprint density at radius 2 is 1.76 bits per heavy atom. The summed E-state index contributed by atoms with van der Waals surface area (Å²) in [5, 5.41) is 1.60. The summed E-state index contributed by atoms with van der Waals surface area (Å²) in [6.07, 6.45) is 0.416. The van der Waals surface area contributed by atoms with Crippen LogP contribution >= 0.6 is 11.6 Å². The molecule has 1 N–H and O–H groups in total. The van der Waals surface area contributed by atoms with Gasteiger partial charge in [0.2, 0.25) is 11.8 Å². The van der Waals surface area contributed by atoms with E-state index in [-0.39, 0.29) is 24.9 Å². The second-order valence-electron chi connectivity index (χ2n) is 9.39. The maximum absolute atomic E-state index is 13.9. The number of nitrogens with one attached hydrogen (secondary N) is 1. The molecule has 7 nitrogen and oxygen atoms in total. The second-order valence-corrected chi connectivity index (χ2v) is 9.79. The smallest absolute Gasteiger partial charge is 0.337 e. The fourth-order valence-corrected chi connectivity index (χ4v) is 5.75. The minimum Gasteiger partial charge on any atom is -0.465 e. The van der Waals surface area contributed by atoms with Crippen molar-refractivity contribution in [1.82, 2.24) is 14.8 Å². The van der Waals surface area contributed by atoms with Gasteiger partial charge in [0, 0.05) is 34.6 Å². The molecule has 37 heavy (non-hydrogen) atoms. The number of hydrogen-bond acceptors (Lipinski definition) is 4. The van der Waals surface area contributed by atoms with Crippen LogP contribution in [0.1, 0.15) is 38.8 Å². The molecular formula is C29H24ClN3O4. The molecule has 1 aromatic heterocycles. The van der Waals surface area contributed by atoms with Gasteiger partial charge in [-0.3, -0.25) is 9.59 Å². The monoisotopic (exact) mass is 513 g/mol. The number of ether oxygens (including phenoxy) is 1. The summed E-state index contributed by atoms with van der Waals surface area (Å²) in [6, 6.07) is 21.2. The SMILES string of the molecule is COC(=O)c1ccc([C@H]2c3[nH]c4ccccc4c3C[C@H]3C(=O)N(Cc4ccccc4Cl)CC(=O)N23)cc1. The minimum atomic E-state index is -0.652. The number of piperazine rings is 1. The molecule has 2 aliphatic rings. The number of amides is 2. The number of hydrogen-bond donors (Lipinski definition) is 1. The number of aromatic nitrogens is 1. The number of halogens is 1. The highest BCUT2D eigenvalue weighted by atomic mass is 35.5. The number of para-hydroxylation sites is 1. The zero-order chi connectivity index (χ0) is 25.7. The molecular weight excluding hydrogens is 490 g/mol. The van der Waals surface area contributed by atoms with Crippen molar-refractivity contribution < 1.29 is 19.1 Å². The van der Waals surface area contributed by atoms with Crippen LogP contribution in [0.4, 0.5) is 0 Å². The van der Waals surface area contributed by atoms with Gasteiger partial charge in [-0.1, -0.05) is 60.1 Å². The molecule has 0 spiro atoms. The van der Waals surface area contributed by atoms with Crippen molar-refractivity contribution in [3.8, 4) is 0 Å². The topological polar surface area (TPSA) is 82.7 Å². The van der Waals surface area contributed by atoms with Crippen molar-refractivity contribution in [2.45, 2.75) is 25.0 Å². The second kappa shape index (κ2) is 9.09. The lowest BCUT2D eigenvalue weighted by Crippen LogP contribution is -2.62. The molecule has 2 atom stereocenters. The van der Waals surface area contributed by atoms with Crippen molar-refractivity contribution in [3.63, 3.8) is 0 Å². The maximum Gasteiger partial charge on any atom is 0.337 e. The first-order valence-electron chi connectivity index (χ1n) is 12.1. The highest BCUT2D eigenvalue weighted by Crippen LogP contribution is 2.42. The van der Waals surface area contributed by atoms with Crippen LogP contribution in [0.2, 0.25) is 5.02 Å². The molecule has 1 saturated heterocycles. The number of benzene rings is 3. The Morgan fingerprint density at radius 3 is 2.51 bits per heavy atom. The summed E-state index contributed by atoms with van der Waals surface area (Å²) in [5.74, 6) is -0.673. The van der Waals surface area contributed by atoms with E-state index in [0.717, 1.165) is 33.3 Å². The summed E-state index contributed by atoms with van der Waals surface area (Å²) in [7, 11) is 1.34. The van der Waals surface area contributed by atoms with Gasteiger partial charge in [0.1, 0.15) is 12.6 Å².